The largest absolute Gasteiger partial charge is 0.497 e. The van der Waals surface area contributed by atoms with E-state index < -0.39 is 0 Å². The molecule has 1 heterocycles. The van der Waals surface area contributed by atoms with E-state index in [2.05, 4.69) is 4.98 Å². The SMILES string of the molecule is COc1ccc(-c2nc(C)c(CCCl)s2)cc1. The van der Waals surface area contributed by atoms with Crippen molar-refractivity contribution in [2.45, 2.75) is 13.3 Å². The van der Waals surface area contributed by atoms with Gasteiger partial charge < -0.3 is 4.74 Å². The van der Waals surface area contributed by atoms with Crippen molar-refractivity contribution < 1.29 is 4.74 Å². The van der Waals surface area contributed by atoms with Crippen LogP contribution < -0.4 is 4.74 Å². The van der Waals surface area contributed by atoms with Crippen molar-refractivity contribution in [3.05, 3.63) is 34.8 Å². The van der Waals surface area contributed by atoms with Crippen molar-refractivity contribution >= 4 is 22.9 Å². The van der Waals surface area contributed by atoms with Crippen molar-refractivity contribution in [3.8, 4) is 16.3 Å². The highest BCUT2D eigenvalue weighted by Crippen LogP contribution is 2.29. The van der Waals surface area contributed by atoms with E-state index in [0.29, 0.717) is 5.88 Å². The molecular formula is C13H14ClNOS. The highest BCUT2D eigenvalue weighted by Gasteiger charge is 2.08. The third-order valence-electron chi connectivity index (χ3n) is 2.55. The summed E-state index contributed by atoms with van der Waals surface area (Å²) in [7, 11) is 1.67. The molecule has 2 rings (SSSR count). The molecule has 0 spiro atoms. The normalized spacial score (nSPS) is 10.5. The number of methoxy groups -OCH3 is 1. The summed E-state index contributed by atoms with van der Waals surface area (Å²) >= 11 is 7.48. The maximum atomic E-state index is 5.77. The fourth-order valence-corrected chi connectivity index (χ4v) is 2.97. The lowest BCUT2D eigenvalue weighted by Crippen LogP contribution is -1.84. The number of ether oxygens (including phenoxy) is 1. The summed E-state index contributed by atoms with van der Waals surface area (Å²) in [5, 5.41) is 1.05. The van der Waals surface area contributed by atoms with E-state index >= 15 is 0 Å². The maximum absolute atomic E-state index is 5.77. The minimum atomic E-state index is 0.644. The van der Waals surface area contributed by atoms with E-state index in [1.165, 1.54) is 4.88 Å². The van der Waals surface area contributed by atoms with E-state index in [1.807, 2.05) is 31.2 Å². The van der Waals surface area contributed by atoms with Gasteiger partial charge in [-0.25, -0.2) is 4.98 Å². The molecule has 0 aliphatic heterocycles. The predicted octanol–water partition coefficient (Wildman–Crippen LogP) is 3.91. The van der Waals surface area contributed by atoms with Gasteiger partial charge in [0.25, 0.3) is 0 Å². The first-order valence-electron chi connectivity index (χ1n) is 5.41. The Labute approximate surface area is 110 Å². The van der Waals surface area contributed by atoms with Crippen LogP contribution >= 0.6 is 22.9 Å². The number of rotatable bonds is 4. The van der Waals surface area contributed by atoms with Gasteiger partial charge in [0.1, 0.15) is 10.8 Å². The Balaban J connectivity index is 2.29. The quantitative estimate of drug-likeness (QED) is 0.784. The second-order valence-electron chi connectivity index (χ2n) is 3.70. The smallest absolute Gasteiger partial charge is 0.123 e. The van der Waals surface area contributed by atoms with Gasteiger partial charge in [0.05, 0.1) is 12.8 Å². The molecular weight excluding hydrogens is 254 g/mol. The molecule has 90 valence electrons. The van der Waals surface area contributed by atoms with Gasteiger partial charge in [-0.1, -0.05) is 0 Å². The summed E-state index contributed by atoms with van der Waals surface area (Å²) in [5.74, 6) is 1.51. The Bertz CT molecular complexity index is 493. The molecule has 0 atom stereocenters. The molecule has 0 aliphatic rings. The molecule has 0 radical (unpaired) electrons. The lowest BCUT2D eigenvalue weighted by atomic mass is 10.2. The zero-order valence-corrected chi connectivity index (χ0v) is 11.4. The lowest BCUT2D eigenvalue weighted by Gasteiger charge is -1.99. The van der Waals surface area contributed by atoms with Gasteiger partial charge in [0.2, 0.25) is 0 Å². The van der Waals surface area contributed by atoms with Gasteiger partial charge >= 0.3 is 0 Å². The van der Waals surface area contributed by atoms with Crippen molar-refractivity contribution in [2.24, 2.45) is 0 Å². The number of alkyl halides is 1. The number of hydrogen-bond acceptors (Lipinski definition) is 3. The van der Waals surface area contributed by atoms with Crippen LogP contribution in [-0.4, -0.2) is 18.0 Å². The number of benzene rings is 1. The van der Waals surface area contributed by atoms with E-state index in [4.69, 9.17) is 16.3 Å². The zero-order chi connectivity index (χ0) is 12.3. The molecule has 2 aromatic rings. The molecule has 1 aromatic carbocycles. The van der Waals surface area contributed by atoms with Crippen LogP contribution in [0.15, 0.2) is 24.3 Å². The minimum Gasteiger partial charge on any atom is -0.497 e. The first-order chi connectivity index (χ1) is 8.24. The van der Waals surface area contributed by atoms with Crippen molar-refractivity contribution in [1.29, 1.82) is 0 Å². The van der Waals surface area contributed by atoms with E-state index in [9.17, 15) is 0 Å². The highest BCUT2D eigenvalue weighted by atomic mass is 35.5. The van der Waals surface area contributed by atoms with Crippen LogP contribution in [0.5, 0.6) is 5.75 Å². The summed E-state index contributed by atoms with van der Waals surface area (Å²) < 4.78 is 5.14. The average Bonchev–Trinajstić information content (AvgIpc) is 2.72. The van der Waals surface area contributed by atoms with Crippen LogP contribution in [0.1, 0.15) is 10.6 Å². The molecule has 17 heavy (non-hydrogen) atoms. The Morgan fingerprint density at radius 3 is 2.59 bits per heavy atom. The Kier molecular flexibility index (Phi) is 4.02. The van der Waals surface area contributed by atoms with E-state index in [0.717, 1.165) is 28.4 Å². The first-order valence-corrected chi connectivity index (χ1v) is 6.76. The van der Waals surface area contributed by atoms with Crippen LogP contribution in [0.3, 0.4) is 0 Å². The number of nitrogens with zero attached hydrogens (tertiary/aromatic N) is 1. The first kappa shape index (κ1) is 12.4. The molecule has 4 heteroatoms. The fourth-order valence-electron chi connectivity index (χ4n) is 1.60. The molecule has 0 bridgehead atoms. The number of halogens is 1. The van der Waals surface area contributed by atoms with Gasteiger partial charge in [-0.3, -0.25) is 0 Å². The van der Waals surface area contributed by atoms with Crippen molar-refractivity contribution in [2.75, 3.05) is 13.0 Å². The monoisotopic (exact) mass is 267 g/mol. The average molecular weight is 268 g/mol. The Morgan fingerprint density at radius 2 is 2.00 bits per heavy atom. The Morgan fingerprint density at radius 1 is 1.29 bits per heavy atom. The van der Waals surface area contributed by atoms with Crippen LogP contribution in [0.25, 0.3) is 10.6 Å². The highest BCUT2D eigenvalue weighted by molar-refractivity contribution is 7.15. The topological polar surface area (TPSA) is 22.1 Å². The second-order valence-corrected chi connectivity index (χ2v) is 5.16. The van der Waals surface area contributed by atoms with Gasteiger partial charge in [0.15, 0.2) is 0 Å². The molecule has 2 nitrogen and oxygen atoms in total. The number of hydrogen-bond donors (Lipinski definition) is 0. The van der Waals surface area contributed by atoms with Gasteiger partial charge in [-0.15, -0.1) is 22.9 Å². The molecule has 0 saturated heterocycles. The lowest BCUT2D eigenvalue weighted by molar-refractivity contribution is 0.415. The van der Waals surface area contributed by atoms with Crippen molar-refractivity contribution in [1.82, 2.24) is 4.98 Å². The zero-order valence-electron chi connectivity index (χ0n) is 9.87. The number of aromatic nitrogens is 1. The van der Waals surface area contributed by atoms with Crippen molar-refractivity contribution in [3.63, 3.8) is 0 Å². The van der Waals surface area contributed by atoms with E-state index in [1.54, 1.807) is 18.4 Å². The van der Waals surface area contributed by atoms with Gasteiger partial charge in [-0.2, -0.15) is 0 Å². The second kappa shape index (κ2) is 5.52. The van der Waals surface area contributed by atoms with Crippen LogP contribution in [-0.2, 0) is 6.42 Å². The Hall–Kier alpha value is -1.06. The molecule has 0 unspecified atom stereocenters. The van der Waals surface area contributed by atoms with Gasteiger partial charge in [-0.05, 0) is 37.6 Å². The maximum Gasteiger partial charge on any atom is 0.123 e. The van der Waals surface area contributed by atoms with Crippen LogP contribution in [0.2, 0.25) is 0 Å². The molecule has 0 fully saturated rings. The third-order valence-corrected chi connectivity index (χ3v) is 4.01. The molecule has 0 amide bonds. The van der Waals surface area contributed by atoms with Crippen LogP contribution in [0.4, 0.5) is 0 Å². The third kappa shape index (κ3) is 2.79. The molecule has 1 aromatic heterocycles. The summed E-state index contributed by atoms with van der Waals surface area (Å²) in [6.07, 6.45) is 0.890. The molecule has 0 N–H and O–H groups in total. The van der Waals surface area contributed by atoms with Crippen LogP contribution in [0, 0.1) is 6.92 Å². The summed E-state index contributed by atoms with van der Waals surface area (Å²) in [6.45, 7) is 2.03. The summed E-state index contributed by atoms with van der Waals surface area (Å²) in [4.78, 5) is 5.84. The minimum absolute atomic E-state index is 0.644. The fraction of sp³-hybridized carbons (Fsp3) is 0.308. The predicted molar refractivity (Wildman–Crippen MR) is 73.3 cm³/mol. The number of thiazole rings is 1. The molecule has 0 aliphatic carbocycles. The van der Waals surface area contributed by atoms with Gasteiger partial charge in [0, 0.05) is 16.3 Å². The standard InChI is InChI=1S/C13H14ClNOS/c1-9-12(7-8-14)17-13(15-9)10-3-5-11(16-2)6-4-10/h3-6H,7-8H2,1-2H3. The summed E-state index contributed by atoms with van der Waals surface area (Å²) in [6, 6.07) is 7.96. The number of aryl methyl sites for hydroxylation is 2. The summed E-state index contributed by atoms with van der Waals surface area (Å²) in [5.41, 5.74) is 2.21. The van der Waals surface area contributed by atoms with E-state index in [-0.39, 0.29) is 0 Å². The molecule has 0 saturated carbocycles.